The van der Waals surface area contributed by atoms with Crippen molar-refractivity contribution in [2.45, 2.75) is 50.7 Å². The molecule has 0 aromatic heterocycles. The monoisotopic (exact) mass is 275 g/mol. The first-order valence-electron chi connectivity index (χ1n) is 6.01. The van der Waals surface area contributed by atoms with Gasteiger partial charge in [0.2, 0.25) is 0 Å². The number of ether oxygens (including phenoxy) is 1. The molecule has 0 fully saturated rings. The number of nitrogens with one attached hydrogen (secondary N) is 1. The Kier molecular flexibility index (Phi) is 4.92. The second-order valence-electron chi connectivity index (χ2n) is 5.50. The minimum atomic E-state index is -1.48. The summed E-state index contributed by atoms with van der Waals surface area (Å²) in [5.74, 6) is 0. The highest BCUT2D eigenvalue weighted by molar-refractivity contribution is 5.68. The second-order valence-corrected chi connectivity index (χ2v) is 5.50. The van der Waals surface area contributed by atoms with Crippen molar-refractivity contribution in [2.24, 2.45) is 0 Å². The summed E-state index contributed by atoms with van der Waals surface area (Å²) in [5, 5.41) is 40.4. The molecule has 1 aliphatic rings. The number of aliphatic hydroxyl groups excluding tert-OH is 4. The quantitative estimate of drug-likeness (QED) is 0.408. The van der Waals surface area contributed by atoms with Crippen molar-refractivity contribution < 1.29 is 30.0 Å². The SMILES string of the molecule is CC(C)(C)OC(=O)NC1C=C(CO)C(O)C(O)C1O. The topological polar surface area (TPSA) is 119 Å². The molecule has 1 amide bonds. The van der Waals surface area contributed by atoms with Crippen molar-refractivity contribution in [2.75, 3.05) is 6.61 Å². The van der Waals surface area contributed by atoms with E-state index in [0.717, 1.165) is 0 Å². The van der Waals surface area contributed by atoms with Crippen LogP contribution in [0.5, 0.6) is 0 Å². The lowest BCUT2D eigenvalue weighted by atomic mass is 9.88. The van der Waals surface area contributed by atoms with Gasteiger partial charge >= 0.3 is 6.09 Å². The molecule has 0 aromatic carbocycles. The van der Waals surface area contributed by atoms with Crippen molar-refractivity contribution in [1.82, 2.24) is 5.32 Å². The van der Waals surface area contributed by atoms with Crippen LogP contribution in [0.1, 0.15) is 20.8 Å². The fraction of sp³-hybridized carbons (Fsp3) is 0.750. The van der Waals surface area contributed by atoms with Gasteiger partial charge in [-0.25, -0.2) is 4.79 Å². The molecule has 19 heavy (non-hydrogen) atoms. The zero-order valence-electron chi connectivity index (χ0n) is 11.2. The van der Waals surface area contributed by atoms with E-state index < -0.39 is 42.7 Å². The first-order valence-corrected chi connectivity index (χ1v) is 6.01. The Bertz CT molecular complexity index is 362. The summed E-state index contributed by atoms with van der Waals surface area (Å²) in [6, 6.07) is -0.935. The van der Waals surface area contributed by atoms with E-state index in [1.807, 2.05) is 0 Å². The summed E-state index contributed by atoms with van der Waals surface area (Å²) in [7, 11) is 0. The van der Waals surface area contributed by atoms with Crippen LogP contribution in [0.2, 0.25) is 0 Å². The lowest BCUT2D eigenvalue weighted by molar-refractivity contribution is -0.0647. The van der Waals surface area contributed by atoms with Crippen molar-refractivity contribution in [3.05, 3.63) is 11.6 Å². The lowest BCUT2D eigenvalue weighted by Gasteiger charge is -2.34. The second kappa shape index (κ2) is 5.87. The summed E-state index contributed by atoms with van der Waals surface area (Å²) in [4.78, 5) is 11.6. The maximum Gasteiger partial charge on any atom is 0.408 e. The zero-order valence-corrected chi connectivity index (χ0v) is 11.2. The normalized spacial score (nSPS) is 31.6. The molecule has 0 radical (unpaired) electrons. The van der Waals surface area contributed by atoms with Gasteiger partial charge < -0.3 is 30.5 Å². The summed E-state index contributed by atoms with van der Waals surface area (Å²) in [5.41, 5.74) is -0.551. The highest BCUT2D eigenvalue weighted by Crippen LogP contribution is 2.20. The summed E-state index contributed by atoms with van der Waals surface area (Å²) in [6.45, 7) is 4.60. The van der Waals surface area contributed by atoms with Crippen LogP contribution < -0.4 is 5.32 Å². The highest BCUT2D eigenvalue weighted by Gasteiger charge is 2.38. The van der Waals surface area contributed by atoms with Gasteiger partial charge in [0.15, 0.2) is 0 Å². The fourth-order valence-electron chi connectivity index (χ4n) is 1.76. The van der Waals surface area contributed by atoms with Gasteiger partial charge in [-0.3, -0.25) is 0 Å². The van der Waals surface area contributed by atoms with Gasteiger partial charge in [-0.05, 0) is 26.3 Å². The number of carbonyl (C=O) groups excluding carboxylic acids is 1. The first kappa shape index (κ1) is 15.9. The molecule has 4 unspecified atom stereocenters. The number of rotatable bonds is 2. The standard InChI is InChI=1S/C12H21NO6/c1-12(2,3)19-11(18)13-7-4-6(5-14)8(15)10(17)9(7)16/h4,7-10,14-17H,5H2,1-3H3,(H,13,18). The lowest BCUT2D eigenvalue weighted by Crippen LogP contribution is -2.55. The predicted molar refractivity (Wildman–Crippen MR) is 66.3 cm³/mol. The summed E-state index contributed by atoms with van der Waals surface area (Å²) in [6.07, 6.45) is -3.65. The van der Waals surface area contributed by atoms with Gasteiger partial charge in [0, 0.05) is 0 Å². The van der Waals surface area contributed by atoms with E-state index in [9.17, 15) is 20.1 Å². The third-order valence-corrected chi connectivity index (χ3v) is 2.68. The zero-order chi connectivity index (χ0) is 14.8. The molecular formula is C12H21NO6. The average molecular weight is 275 g/mol. The maximum absolute atomic E-state index is 11.6. The molecule has 110 valence electrons. The molecule has 0 heterocycles. The Labute approximate surface area is 111 Å². The van der Waals surface area contributed by atoms with Gasteiger partial charge in [-0.2, -0.15) is 0 Å². The maximum atomic E-state index is 11.6. The van der Waals surface area contributed by atoms with Crippen LogP contribution in [0.3, 0.4) is 0 Å². The van der Waals surface area contributed by atoms with E-state index in [1.54, 1.807) is 20.8 Å². The molecule has 7 heteroatoms. The van der Waals surface area contributed by atoms with Crippen LogP contribution in [0.4, 0.5) is 4.79 Å². The molecule has 7 nitrogen and oxygen atoms in total. The van der Waals surface area contributed by atoms with Crippen molar-refractivity contribution in [3.8, 4) is 0 Å². The number of aliphatic hydroxyl groups is 4. The third kappa shape index (κ3) is 4.17. The molecule has 0 aromatic rings. The Morgan fingerprint density at radius 1 is 1.32 bits per heavy atom. The Balaban J connectivity index is 2.76. The van der Waals surface area contributed by atoms with E-state index in [-0.39, 0.29) is 5.57 Å². The van der Waals surface area contributed by atoms with Gasteiger partial charge in [-0.1, -0.05) is 6.08 Å². The number of hydrogen-bond donors (Lipinski definition) is 5. The first-order chi connectivity index (χ1) is 8.65. The highest BCUT2D eigenvalue weighted by atomic mass is 16.6. The predicted octanol–water partition coefficient (Wildman–Crippen LogP) is -1.11. The van der Waals surface area contributed by atoms with E-state index in [4.69, 9.17) is 9.84 Å². The Hall–Kier alpha value is -1.15. The summed E-state index contributed by atoms with van der Waals surface area (Å²) < 4.78 is 5.02. The molecule has 1 rings (SSSR count). The van der Waals surface area contributed by atoms with Crippen LogP contribution in [-0.4, -0.2) is 63.1 Å². The third-order valence-electron chi connectivity index (χ3n) is 2.68. The molecule has 4 atom stereocenters. The van der Waals surface area contributed by atoms with E-state index >= 15 is 0 Å². The number of hydrogen-bond acceptors (Lipinski definition) is 6. The molecule has 0 bridgehead atoms. The molecule has 0 saturated heterocycles. The van der Waals surface area contributed by atoms with Crippen LogP contribution in [0.15, 0.2) is 11.6 Å². The largest absolute Gasteiger partial charge is 0.444 e. The molecule has 0 saturated carbocycles. The van der Waals surface area contributed by atoms with Gasteiger partial charge in [0.1, 0.15) is 23.9 Å². The van der Waals surface area contributed by atoms with Crippen molar-refractivity contribution >= 4 is 6.09 Å². The molecule has 0 aliphatic heterocycles. The minimum Gasteiger partial charge on any atom is -0.444 e. The number of carbonyl (C=O) groups is 1. The molecule has 0 spiro atoms. The smallest absolute Gasteiger partial charge is 0.408 e. The van der Waals surface area contributed by atoms with Crippen molar-refractivity contribution in [3.63, 3.8) is 0 Å². The number of amides is 1. The van der Waals surface area contributed by atoms with Gasteiger partial charge in [-0.15, -0.1) is 0 Å². The molecule has 5 N–H and O–H groups in total. The average Bonchev–Trinajstić information content (AvgIpc) is 2.27. The minimum absolute atomic E-state index is 0.138. The van der Waals surface area contributed by atoms with Gasteiger partial charge in [0.25, 0.3) is 0 Å². The number of alkyl carbamates (subject to hydrolysis) is 1. The Morgan fingerprint density at radius 3 is 2.37 bits per heavy atom. The van der Waals surface area contributed by atoms with Crippen LogP contribution in [0, 0.1) is 0 Å². The summed E-state index contributed by atoms with van der Waals surface area (Å²) >= 11 is 0. The molecule has 1 aliphatic carbocycles. The van der Waals surface area contributed by atoms with Crippen molar-refractivity contribution in [1.29, 1.82) is 0 Å². The fourth-order valence-corrected chi connectivity index (χ4v) is 1.76. The van der Waals surface area contributed by atoms with Crippen LogP contribution in [-0.2, 0) is 4.74 Å². The van der Waals surface area contributed by atoms with E-state index in [0.29, 0.717) is 0 Å². The van der Waals surface area contributed by atoms with Crippen LogP contribution >= 0.6 is 0 Å². The molecular weight excluding hydrogens is 254 g/mol. The van der Waals surface area contributed by atoms with Gasteiger partial charge in [0.05, 0.1) is 12.6 Å². The Morgan fingerprint density at radius 2 is 1.89 bits per heavy atom. The van der Waals surface area contributed by atoms with Crippen LogP contribution in [0.25, 0.3) is 0 Å². The van der Waals surface area contributed by atoms with E-state index in [1.165, 1.54) is 6.08 Å². The van der Waals surface area contributed by atoms with E-state index in [2.05, 4.69) is 5.32 Å².